The van der Waals surface area contributed by atoms with Crippen LogP contribution in [0.5, 0.6) is 0 Å². The summed E-state index contributed by atoms with van der Waals surface area (Å²) >= 11 is 12.9. The quantitative estimate of drug-likeness (QED) is 0.628. The van der Waals surface area contributed by atoms with E-state index in [9.17, 15) is 0 Å². The lowest BCUT2D eigenvalue weighted by molar-refractivity contribution is 1.18. The lowest BCUT2D eigenvalue weighted by Gasteiger charge is -1.79. The predicted octanol–water partition coefficient (Wildman–Crippen LogP) is 2.70. The molecule has 0 aliphatic rings. The summed E-state index contributed by atoms with van der Waals surface area (Å²) in [7, 11) is 0. The molecule has 0 aliphatic heterocycles. The molecule has 5 heteroatoms. The van der Waals surface area contributed by atoms with Gasteiger partial charge in [0.1, 0.15) is 4.83 Å². The molecule has 0 bridgehead atoms. The molecule has 0 aromatic carbocycles. The summed E-state index contributed by atoms with van der Waals surface area (Å²) in [5, 5.41) is 2.80. The minimum Gasteiger partial charge on any atom is -0.280 e. The molecule has 2 aromatic heterocycles. The number of rotatable bonds is 0. The van der Waals surface area contributed by atoms with E-state index in [1.807, 2.05) is 11.6 Å². The Morgan fingerprint density at radius 2 is 2.30 bits per heavy atom. The molecule has 0 spiro atoms. The number of aromatic nitrogens is 2. The zero-order valence-electron chi connectivity index (χ0n) is 4.71. The van der Waals surface area contributed by atoms with Crippen LogP contribution in [0.3, 0.4) is 0 Å². The summed E-state index contributed by atoms with van der Waals surface area (Å²) in [5.74, 6) is 0. The standard InChI is InChI=1S/C5H2Cl2N2S/c6-3-4-9(1-2-10-4)5(7)8-3/h1-2H. The number of thiazole rings is 1. The highest BCUT2D eigenvalue weighted by Crippen LogP contribution is 2.24. The fourth-order valence-corrected chi connectivity index (χ4v) is 2.09. The van der Waals surface area contributed by atoms with Gasteiger partial charge in [-0.3, -0.25) is 4.40 Å². The van der Waals surface area contributed by atoms with Crippen LogP contribution in [0.15, 0.2) is 11.6 Å². The van der Waals surface area contributed by atoms with Crippen LogP contribution in [-0.4, -0.2) is 9.38 Å². The molecule has 52 valence electrons. The second-order valence-corrected chi connectivity index (χ2v) is 3.34. The van der Waals surface area contributed by atoms with Crippen molar-refractivity contribution in [3.8, 4) is 0 Å². The predicted molar refractivity (Wildman–Crippen MR) is 43.1 cm³/mol. The summed E-state index contributed by atoms with van der Waals surface area (Å²) in [5.41, 5.74) is 0. The average Bonchev–Trinajstić information content (AvgIpc) is 2.39. The SMILES string of the molecule is Clc1nc(Cl)n2ccsc12. The maximum atomic E-state index is 5.71. The molecule has 2 aromatic rings. The molecule has 0 amide bonds. The summed E-state index contributed by atoms with van der Waals surface area (Å²) < 4.78 is 1.74. The Hall–Kier alpha value is -0.250. The summed E-state index contributed by atoms with van der Waals surface area (Å²) in [4.78, 5) is 4.75. The zero-order valence-corrected chi connectivity index (χ0v) is 7.04. The number of halogens is 2. The lowest BCUT2D eigenvalue weighted by Crippen LogP contribution is -1.72. The van der Waals surface area contributed by atoms with Crippen molar-refractivity contribution in [2.75, 3.05) is 0 Å². The van der Waals surface area contributed by atoms with E-state index in [4.69, 9.17) is 23.2 Å². The number of imidazole rings is 1. The van der Waals surface area contributed by atoms with E-state index in [1.54, 1.807) is 4.40 Å². The van der Waals surface area contributed by atoms with Gasteiger partial charge < -0.3 is 0 Å². The highest BCUT2D eigenvalue weighted by Gasteiger charge is 2.06. The van der Waals surface area contributed by atoms with E-state index in [0.717, 1.165) is 4.83 Å². The van der Waals surface area contributed by atoms with Crippen molar-refractivity contribution in [3.63, 3.8) is 0 Å². The van der Waals surface area contributed by atoms with Crippen LogP contribution in [-0.2, 0) is 0 Å². The van der Waals surface area contributed by atoms with Gasteiger partial charge in [-0.05, 0) is 11.6 Å². The third-order valence-corrected chi connectivity index (χ3v) is 2.69. The largest absolute Gasteiger partial charge is 0.280 e. The fraction of sp³-hybridized carbons (Fsp3) is 0. The first-order valence-electron chi connectivity index (χ1n) is 2.55. The molecule has 0 fully saturated rings. The number of nitrogens with zero attached hydrogens (tertiary/aromatic N) is 2. The number of hydrogen-bond donors (Lipinski definition) is 0. The minimum absolute atomic E-state index is 0.418. The van der Waals surface area contributed by atoms with Crippen molar-refractivity contribution < 1.29 is 0 Å². The van der Waals surface area contributed by atoms with Gasteiger partial charge in [0, 0.05) is 11.6 Å². The van der Waals surface area contributed by atoms with Crippen LogP contribution in [0.4, 0.5) is 0 Å². The number of fused-ring (bicyclic) bond motifs is 1. The normalized spacial score (nSPS) is 11.0. The molecular weight excluding hydrogens is 191 g/mol. The maximum Gasteiger partial charge on any atom is 0.209 e. The third kappa shape index (κ3) is 0.746. The minimum atomic E-state index is 0.418. The molecule has 0 radical (unpaired) electrons. The summed E-state index contributed by atoms with van der Waals surface area (Å²) in [6.07, 6.45) is 1.83. The Morgan fingerprint density at radius 1 is 1.50 bits per heavy atom. The first-order valence-corrected chi connectivity index (χ1v) is 4.19. The van der Waals surface area contributed by atoms with Gasteiger partial charge in [-0.2, -0.15) is 0 Å². The highest BCUT2D eigenvalue weighted by atomic mass is 35.5. The van der Waals surface area contributed by atoms with E-state index in [1.165, 1.54) is 11.3 Å². The van der Waals surface area contributed by atoms with E-state index in [2.05, 4.69) is 4.98 Å². The topological polar surface area (TPSA) is 17.3 Å². The Bertz CT molecular complexity index is 333. The van der Waals surface area contributed by atoms with Crippen molar-refractivity contribution in [2.45, 2.75) is 0 Å². The monoisotopic (exact) mass is 192 g/mol. The molecule has 2 rings (SSSR count). The Labute approximate surface area is 71.0 Å². The van der Waals surface area contributed by atoms with Crippen LogP contribution in [0.25, 0.3) is 4.83 Å². The second kappa shape index (κ2) is 2.12. The van der Waals surface area contributed by atoms with Gasteiger partial charge in [-0.1, -0.05) is 11.6 Å². The van der Waals surface area contributed by atoms with Gasteiger partial charge in [0.05, 0.1) is 0 Å². The van der Waals surface area contributed by atoms with Crippen LogP contribution in [0.1, 0.15) is 0 Å². The fourth-order valence-electron chi connectivity index (χ4n) is 0.756. The van der Waals surface area contributed by atoms with Gasteiger partial charge in [0.25, 0.3) is 0 Å². The molecule has 0 saturated heterocycles. The maximum absolute atomic E-state index is 5.71. The van der Waals surface area contributed by atoms with Crippen LogP contribution in [0.2, 0.25) is 10.4 Å². The molecule has 0 unspecified atom stereocenters. The van der Waals surface area contributed by atoms with Crippen LogP contribution < -0.4 is 0 Å². The lowest BCUT2D eigenvalue weighted by atomic mass is 10.9. The first-order chi connectivity index (χ1) is 4.79. The van der Waals surface area contributed by atoms with Gasteiger partial charge in [0.2, 0.25) is 5.28 Å². The van der Waals surface area contributed by atoms with Crippen molar-refractivity contribution in [2.24, 2.45) is 0 Å². The van der Waals surface area contributed by atoms with Crippen LogP contribution in [0, 0.1) is 0 Å². The van der Waals surface area contributed by atoms with Crippen molar-refractivity contribution >= 4 is 39.4 Å². The molecule has 0 N–H and O–H groups in total. The zero-order chi connectivity index (χ0) is 7.14. The molecule has 2 nitrogen and oxygen atoms in total. The third-order valence-electron chi connectivity index (χ3n) is 1.17. The van der Waals surface area contributed by atoms with Gasteiger partial charge >= 0.3 is 0 Å². The summed E-state index contributed by atoms with van der Waals surface area (Å²) in [6.45, 7) is 0. The number of hydrogen-bond acceptors (Lipinski definition) is 2. The molecule has 0 atom stereocenters. The first kappa shape index (κ1) is 6.46. The van der Waals surface area contributed by atoms with Crippen molar-refractivity contribution in [1.29, 1.82) is 0 Å². The van der Waals surface area contributed by atoms with E-state index in [-0.39, 0.29) is 0 Å². The molecule has 0 aliphatic carbocycles. The van der Waals surface area contributed by atoms with Crippen LogP contribution >= 0.6 is 34.5 Å². The smallest absolute Gasteiger partial charge is 0.209 e. The second-order valence-electron chi connectivity index (χ2n) is 1.75. The molecule has 10 heavy (non-hydrogen) atoms. The Balaban J connectivity index is 2.98. The van der Waals surface area contributed by atoms with E-state index < -0.39 is 0 Å². The highest BCUT2D eigenvalue weighted by molar-refractivity contribution is 7.16. The van der Waals surface area contributed by atoms with Crippen molar-refractivity contribution in [1.82, 2.24) is 9.38 Å². The molecular formula is C5H2Cl2N2S. The summed E-state index contributed by atoms with van der Waals surface area (Å²) in [6, 6.07) is 0. The van der Waals surface area contributed by atoms with Gasteiger partial charge in [0.15, 0.2) is 5.15 Å². The Morgan fingerprint density at radius 3 is 3.00 bits per heavy atom. The molecule has 0 saturated carbocycles. The van der Waals surface area contributed by atoms with Gasteiger partial charge in [-0.15, -0.1) is 11.3 Å². The average molecular weight is 193 g/mol. The van der Waals surface area contributed by atoms with Gasteiger partial charge in [-0.25, -0.2) is 4.98 Å². The van der Waals surface area contributed by atoms with Crippen molar-refractivity contribution in [3.05, 3.63) is 22.0 Å². The van der Waals surface area contributed by atoms with E-state index in [0.29, 0.717) is 10.4 Å². The molecule has 2 heterocycles. The Kier molecular flexibility index (Phi) is 1.37. The van der Waals surface area contributed by atoms with E-state index >= 15 is 0 Å².